The van der Waals surface area contributed by atoms with Crippen LogP contribution in [0.2, 0.25) is 0 Å². The van der Waals surface area contributed by atoms with Crippen LogP contribution in [0.4, 0.5) is 0 Å². The van der Waals surface area contributed by atoms with Gasteiger partial charge in [-0.15, -0.1) is 19.8 Å². The van der Waals surface area contributed by atoms with Crippen molar-refractivity contribution in [2.24, 2.45) is 17.8 Å². The molecule has 0 aliphatic carbocycles. The molecule has 19 heavy (non-hydrogen) atoms. The van der Waals surface area contributed by atoms with Crippen molar-refractivity contribution >= 4 is 17.4 Å². The topological polar surface area (TPSA) is 69.2 Å². The molecule has 0 aliphatic heterocycles. The molecule has 0 bridgehead atoms. The smallest absolute Gasteiger partial charge is 0.854 e. The van der Waals surface area contributed by atoms with Crippen molar-refractivity contribution in [1.82, 2.24) is 0 Å². The molecule has 0 rings (SSSR count). The molecule has 0 N–H and O–H groups in total. The van der Waals surface area contributed by atoms with Gasteiger partial charge in [0, 0.05) is 0 Å². The Morgan fingerprint density at radius 3 is 0.737 bits per heavy atom. The van der Waals surface area contributed by atoms with Gasteiger partial charge in [0.2, 0.25) is 0 Å². The summed E-state index contributed by atoms with van der Waals surface area (Å²) >= 11 is 0. The van der Waals surface area contributed by atoms with Crippen LogP contribution in [0.3, 0.4) is 0 Å². The molecule has 0 heterocycles. The largest absolute Gasteiger partial charge is 3.00 e. The number of hydrogen-bond donors (Lipinski definition) is 0. The molecule has 0 aromatic heterocycles. The average Bonchev–Trinajstić information content (AvgIpc) is 2.45. The predicted molar refractivity (Wildman–Crippen MR) is 78.7 cm³/mol. The predicted octanol–water partition coefficient (Wildman–Crippen LogP) is 0.798. The summed E-state index contributed by atoms with van der Waals surface area (Å²) in [6.45, 7) is 12.2. The zero-order valence-corrected chi connectivity index (χ0v) is 14.9. The van der Waals surface area contributed by atoms with Crippen molar-refractivity contribution in [2.75, 3.05) is 19.8 Å². The molecule has 0 saturated heterocycles. The van der Waals surface area contributed by atoms with Gasteiger partial charge in [-0.3, -0.25) is 0 Å². The first-order valence-electron chi connectivity index (χ1n) is 7.17. The van der Waals surface area contributed by atoms with Crippen LogP contribution < -0.4 is 15.3 Å². The van der Waals surface area contributed by atoms with E-state index in [0.717, 1.165) is 19.3 Å². The van der Waals surface area contributed by atoms with Gasteiger partial charge in [0.25, 0.3) is 0 Å². The number of hydrogen-bond acceptors (Lipinski definition) is 3. The van der Waals surface area contributed by atoms with Crippen molar-refractivity contribution < 1.29 is 15.3 Å². The van der Waals surface area contributed by atoms with Gasteiger partial charge in [-0.2, -0.15) is 0 Å². The van der Waals surface area contributed by atoms with Crippen LogP contribution in [0.1, 0.15) is 60.8 Å². The summed E-state index contributed by atoms with van der Waals surface area (Å²) in [7, 11) is 0. The second-order valence-electron chi connectivity index (χ2n) is 5.04. The normalized spacial score (nSPS) is 13.7. The van der Waals surface area contributed by atoms with Crippen LogP contribution >= 0.6 is 0 Å². The van der Waals surface area contributed by atoms with Gasteiger partial charge in [0.1, 0.15) is 0 Å². The fraction of sp³-hybridized carbons (Fsp3) is 1.00. The van der Waals surface area contributed by atoms with Crippen LogP contribution in [0.25, 0.3) is 0 Å². The summed E-state index contributed by atoms with van der Waals surface area (Å²) in [4.78, 5) is 0. The number of rotatable bonds is 6. The van der Waals surface area contributed by atoms with Crippen molar-refractivity contribution in [3.8, 4) is 0 Å². The Hall–Kier alpha value is 0.412. The van der Waals surface area contributed by atoms with E-state index in [2.05, 4.69) is 0 Å². The van der Waals surface area contributed by atoms with Gasteiger partial charge in [0.15, 0.2) is 0 Å². The Labute approximate surface area is 131 Å². The molecular weight excluding hydrogens is 255 g/mol. The third-order valence-corrected chi connectivity index (χ3v) is 2.94. The Bertz CT molecular complexity index is 98.8. The summed E-state index contributed by atoms with van der Waals surface area (Å²) in [6, 6.07) is 0. The van der Waals surface area contributed by atoms with E-state index >= 15 is 0 Å². The Morgan fingerprint density at radius 1 is 0.579 bits per heavy atom. The molecule has 3 atom stereocenters. The van der Waals surface area contributed by atoms with E-state index in [0.29, 0.717) is 17.8 Å². The molecule has 0 fully saturated rings. The first-order chi connectivity index (χ1) is 8.42. The average molecular weight is 288 g/mol. The van der Waals surface area contributed by atoms with Gasteiger partial charge >= 0.3 is 17.4 Å². The first-order valence-corrected chi connectivity index (χ1v) is 7.17. The van der Waals surface area contributed by atoms with Crippen molar-refractivity contribution in [3.63, 3.8) is 0 Å². The molecule has 0 radical (unpaired) electrons. The maximum atomic E-state index is 9.86. The molecule has 0 saturated carbocycles. The molecular formula is C15H33AlO3. The molecule has 0 aromatic rings. The minimum absolute atomic E-state index is 0. The summed E-state index contributed by atoms with van der Waals surface area (Å²) < 4.78 is 0. The molecule has 0 aromatic carbocycles. The monoisotopic (exact) mass is 288 g/mol. The summed E-state index contributed by atoms with van der Waals surface area (Å²) in [5.41, 5.74) is 0. The molecule has 0 amide bonds. The van der Waals surface area contributed by atoms with Crippen LogP contribution in [-0.2, 0) is 0 Å². The van der Waals surface area contributed by atoms with E-state index < -0.39 is 0 Å². The van der Waals surface area contributed by atoms with Crippen LogP contribution in [0.5, 0.6) is 0 Å². The van der Waals surface area contributed by atoms with Crippen molar-refractivity contribution in [1.29, 1.82) is 0 Å². The van der Waals surface area contributed by atoms with Crippen molar-refractivity contribution in [3.05, 3.63) is 0 Å². The fourth-order valence-corrected chi connectivity index (χ4v) is 0.354. The Morgan fingerprint density at radius 2 is 0.737 bits per heavy atom. The maximum absolute atomic E-state index is 9.86. The van der Waals surface area contributed by atoms with E-state index in [1.54, 1.807) is 0 Å². The van der Waals surface area contributed by atoms with E-state index in [-0.39, 0.29) is 37.2 Å². The van der Waals surface area contributed by atoms with E-state index in [1.807, 2.05) is 41.5 Å². The Kier molecular flexibility index (Phi) is 34.3. The molecule has 3 nitrogen and oxygen atoms in total. The first kappa shape index (κ1) is 27.7. The third-order valence-electron chi connectivity index (χ3n) is 2.94. The Balaban J connectivity index is -0.0000000865. The second-order valence-corrected chi connectivity index (χ2v) is 5.04. The quantitative estimate of drug-likeness (QED) is 0.679. The van der Waals surface area contributed by atoms with Gasteiger partial charge in [-0.25, -0.2) is 0 Å². The molecule has 0 spiro atoms. The van der Waals surface area contributed by atoms with E-state index in [4.69, 9.17) is 0 Å². The standard InChI is InChI=1S/3C5H11O.Al/c3*1-3-5(2)4-6;/h3*5H,3-4H2,1-2H3;/q3*-1;+3. The minimum Gasteiger partial charge on any atom is -0.854 e. The van der Waals surface area contributed by atoms with E-state index in [1.165, 1.54) is 0 Å². The van der Waals surface area contributed by atoms with Gasteiger partial charge in [-0.1, -0.05) is 78.6 Å². The van der Waals surface area contributed by atoms with Crippen LogP contribution in [0.15, 0.2) is 0 Å². The second kappa shape index (κ2) is 23.5. The van der Waals surface area contributed by atoms with Crippen LogP contribution in [0, 0.1) is 17.8 Å². The molecule has 4 heteroatoms. The summed E-state index contributed by atoms with van der Waals surface area (Å²) in [6.07, 6.45) is 3.05. The summed E-state index contributed by atoms with van der Waals surface area (Å²) in [5, 5.41) is 29.6. The maximum Gasteiger partial charge on any atom is 3.00 e. The zero-order valence-electron chi connectivity index (χ0n) is 13.8. The van der Waals surface area contributed by atoms with Gasteiger partial charge in [-0.05, 0) is 0 Å². The minimum atomic E-state index is 0. The zero-order chi connectivity index (χ0) is 15.0. The van der Waals surface area contributed by atoms with Crippen molar-refractivity contribution in [2.45, 2.75) is 60.8 Å². The third kappa shape index (κ3) is 32.2. The SMILES string of the molecule is CCC(C)C[O-].CCC(C)C[O-].CCC(C)C[O-].[Al+3]. The summed E-state index contributed by atoms with van der Waals surface area (Å²) in [5.74, 6) is 1.14. The molecule has 0 aliphatic rings. The fourth-order valence-electron chi connectivity index (χ4n) is 0.354. The van der Waals surface area contributed by atoms with Gasteiger partial charge < -0.3 is 15.3 Å². The molecule has 114 valence electrons. The molecule has 3 unspecified atom stereocenters. The van der Waals surface area contributed by atoms with Gasteiger partial charge in [0.05, 0.1) is 0 Å². The van der Waals surface area contributed by atoms with Crippen LogP contribution in [-0.4, -0.2) is 37.2 Å². The van der Waals surface area contributed by atoms with E-state index in [9.17, 15) is 15.3 Å².